The van der Waals surface area contributed by atoms with E-state index in [-0.39, 0.29) is 23.7 Å². The molecule has 1 atom stereocenters. The molecule has 28 heavy (non-hydrogen) atoms. The van der Waals surface area contributed by atoms with Crippen LogP contribution in [0.2, 0.25) is 5.02 Å². The molecule has 0 aliphatic heterocycles. The molecule has 0 aliphatic carbocycles. The SMILES string of the molecule is C[C@@H](NC(=O)NCc1ccc(NC(=O)c2ccco2)cc1)c1ccc(Cl)cc1. The number of hydrogen-bond acceptors (Lipinski definition) is 3. The molecule has 2 aromatic carbocycles. The van der Waals surface area contributed by atoms with Gasteiger partial charge >= 0.3 is 6.03 Å². The number of rotatable bonds is 6. The second-order valence-electron chi connectivity index (χ2n) is 6.23. The van der Waals surface area contributed by atoms with Crippen LogP contribution in [0.5, 0.6) is 0 Å². The van der Waals surface area contributed by atoms with Gasteiger partial charge in [0.2, 0.25) is 0 Å². The predicted octanol–water partition coefficient (Wildman–Crippen LogP) is 4.75. The molecule has 1 aromatic heterocycles. The van der Waals surface area contributed by atoms with Crippen molar-refractivity contribution in [3.8, 4) is 0 Å². The van der Waals surface area contributed by atoms with E-state index < -0.39 is 0 Å². The van der Waals surface area contributed by atoms with Crippen molar-refractivity contribution in [3.63, 3.8) is 0 Å². The standard InChI is InChI=1S/C21H20ClN3O3/c1-14(16-6-8-17(22)9-7-16)24-21(27)23-13-15-4-10-18(11-5-15)25-20(26)19-3-2-12-28-19/h2-12,14H,13H2,1H3,(H,25,26)(H2,23,24,27)/t14-/m1/s1. The highest BCUT2D eigenvalue weighted by molar-refractivity contribution is 6.30. The van der Waals surface area contributed by atoms with Gasteiger partial charge < -0.3 is 20.4 Å². The Balaban J connectivity index is 1.47. The van der Waals surface area contributed by atoms with Crippen molar-refractivity contribution in [2.75, 3.05) is 5.32 Å². The van der Waals surface area contributed by atoms with Crippen molar-refractivity contribution < 1.29 is 14.0 Å². The largest absolute Gasteiger partial charge is 0.459 e. The van der Waals surface area contributed by atoms with Gasteiger partial charge in [-0.1, -0.05) is 35.9 Å². The first-order chi connectivity index (χ1) is 13.5. The van der Waals surface area contributed by atoms with Crippen molar-refractivity contribution in [3.05, 3.63) is 88.8 Å². The lowest BCUT2D eigenvalue weighted by Crippen LogP contribution is -2.36. The lowest BCUT2D eigenvalue weighted by molar-refractivity contribution is 0.0996. The molecule has 0 spiro atoms. The van der Waals surface area contributed by atoms with E-state index in [4.69, 9.17) is 16.0 Å². The Labute approximate surface area is 167 Å². The van der Waals surface area contributed by atoms with E-state index in [9.17, 15) is 9.59 Å². The Kier molecular flexibility index (Phi) is 6.34. The highest BCUT2D eigenvalue weighted by Crippen LogP contribution is 2.16. The van der Waals surface area contributed by atoms with Gasteiger partial charge in [-0.25, -0.2) is 4.79 Å². The van der Waals surface area contributed by atoms with Gasteiger partial charge in [0.1, 0.15) is 0 Å². The number of furan rings is 1. The van der Waals surface area contributed by atoms with E-state index in [1.807, 2.05) is 31.2 Å². The summed E-state index contributed by atoms with van der Waals surface area (Å²) in [6.45, 7) is 2.27. The molecule has 0 radical (unpaired) electrons. The van der Waals surface area contributed by atoms with Crippen LogP contribution in [0, 0.1) is 0 Å². The van der Waals surface area contributed by atoms with Crippen LogP contribution in [0.1, 0.15) is 34.6 Å². The summed E-state index contributed by atoms with van der Waals surface area (Å²) in [5, 5.41) is 9.09. The fourth-order valence-electron chi connectivity index (χ4n) is 2.57. The summed E-state index contributed by atoms with van der Waals surface area (Å²) in [4.78, 5) is 24.0. The Morgan fingerprint density at radius 2 is 1.75 bits per heavy atom. The minimum absolute atomic E-state index is 0.142. The van der Waals surface area contributed by atoms with Crippen molar-refractivity contribution in [2.24, 2.45) is 0 Å². The van der Waals surface area contributed by atoms with Crippen LogP contribution in [0.25, 0.3) is 0 Å². The number of carbonyl (C=O) groups excluding carboxylic acids is 2. The Morgan fingerprint density at radius 3 is 2.39 bits per heavy atom. The lowest BCUT2D eigenvalue weighted by atomic mass is 10.1. The third kappa shape index (κ3) is 5.37. The first kappa shape index (κ1) is 19.5. The number of anilines is 1. The van der Waals surface area contributed by atoms with Gasteiger partial charge in [-0.3, -0.25) is 4.79 Å². The summed E-state index contributed by atoms with van der Waals surface area (Å²) >= 11 is 5.88. The number of halogens is 1. The summed E-state index contributed by atoms with van der Waals surface area (Å²) in [7, 11) is 0. The summed E-state index contributed by atoms with van der Waals surface area (Å²) in [5.74, 6) is -0.0661. The van der Waals surface area contributed by atoms with E-state index in [0.717, 1.165) is 11.1 Å². The Hall–Kier alpha value is -3.25. The van der Waals surface area contributed by atoms with Gasteiger partial charge in [-0.15, -0.1) is 0 Å². The van der Waals surface area contributed by atoms with Crippen LogP contribution in [-0.2, 0) is 6.54 Å². The maximum Gasteiger partial charge on any atom is 0.315 e. The molecule has 0 saturated carbocycles. The van der Waals surface area contributed by atoms with Crippen molar-refractivity contribution >= 4 is 29.2 Å². The van der Waals surface area contributed by atoms with Crippen LogP contribution < -0.4 is 16.0 Å². The second kappa shape index (κ2) is 9.10. The molecule has 0 bridgehead atoms. The zero-order valence-corrected chi connectivity index (χ0v) is 16.0. The fourth-order valence-corrected chi connectivity index (χ4v) is 2.70. The molecule has 6 nitrogen and oxygen atoms in total. The monoisotopic (exact) mass is 397 g/mol. The molecule has 3 aromatic rings. The second-order valence-corrected chi connectivity index (χ2v) is 6.67. The highest BCUT2D eigenvalue weighted by Gasteiger charge is 2.10. The summed E-state index contributed by atoms with van der Waals surface area (Å²) < 4.78 is 5.05. The summed E-state index contributed by atoms with van der Waals surface area (Å²) in [6, 6.07) is 17.4. The van der Waals surface area contributed by atoms with E-state index >= 15 is 0 Å². The maximum absolute atomic E-state index is 12.1. The lowest BCUT2D eigenvalue weighted by Gasteiger charge is -2.15. The minimum Gasteiger partial charge on any atom is -0.459 e. The Bertz CT molecular complexity index is 923. The van der Waals surface area contributed by atoms with Gasteiger partial charge in [0.15, 0.2) is 5.76 Å². The average molecular weight is 398 g/mol. The van der Waals surface area contributed by atoms with Crippen LogP contribution in [0.4, 0.5) is 10.5 Å². The van der Waals surface area contributed by atoms with E-state index in [2.05, 4.69) is 16.0 Å². The molecule has 1 heterocycles. The number of hydrogen-bond donors (Lipinski definition) is 3. The molecule has 144 valence electrons. The number of carbonyl (C=O) groups is 2. The third-order valence-electron chi connectivity index (χ3n) is 4.13. The molecule has 7 heteroatoms. The zero-order chi connectivity index (χ0) is 19.9. The smallest absolute Gasteiger partial charge is 0.315 e. The van der Waals surface area contributed by atoms with Gasteiger partial charge in [0.25, 0.3) is 5.91 Å². The van der Waals surface area contributed by atoms with Gasteiger partial charge in [-0.2, -0.15) is 0 Å². The number of amides is 3. The van der Waals surface area contributed by atoms with Gasteiger partial charge in [0, 0.05) is 17.3 Å². The first-order valence-corrected chi connectivity index (χ1v) is 9.12. The van der Waals surface area contributed by atoms with Gasteiger partial charge in [0.05, 0.1) is 12.3 Å². The predicted molar refractivity (Wildman–Crippen MR) is 108 cm³/mol. The van der Waals surface area contributed by atoms with E-state index in [1.165, 1.54) is 6.26 Å². The van der Waals surface area contributed by atoms with Crippen molar-refractivity contribution in [1.82, 2.24) is 10.6 Å². The highest BCUT2D eigenvalue weighted by atomic mass is 35.5. The van der Waals surface area contributed by atoms with Gasteiger partial charge in [-0.05, 0) is 54.4 Å². The molecule has 3 rings (SSSR count). The molecule has 3 amide bonds. The number of nitrogens with one attached hydrogen (secondary N) is 3. The van der Waals surface area contributed by atoms with Crippen LogP contribution in [-0.4, -0.2) is 11.9 Å². The first-order valence-electron chi connectivity index (χ1n) is 8.75. The van der Waals surface area contributed by atoms with Crippen LogP contribution >= 0.6 is 11.6 Å². The quantitative estimate of drug-likeness (QED) is 0.561. The minimum atomic E-state index is -0.313. The maximum atomic E-state index is 12.1. The molecular formula is C21H20ClN3O3. The molecular weight excluding hydrogens is 378 g/mol. The molecule has 0 saturated heterocycles. The van der Waals surface area contributed by atoms with Crippen molar-refractivity contribution in [1.29, 1.82) is 0 Å². The van der Waals surface area contributed by atoms with E-state index in [1.54, 1.807) is 36.4 Å². The molecule has 3 N–H and O–H groups in total. The van der Waals surface area contributed by atoms with E-state index in [0.29, 0.717) is 17.3 Å². The molecule has 0 aliphatic rings. The normalized spacial score (nSPS) is 11.5. The summed E-state index contributed by atoms with van der Waals surface area (Å²) in [6.07, 6.45) is 1.45. The number of benzene rings is 2. The molecule has 0 fully saturated rings. The van der Waals surface area contributed by atoms with Crippen LogP contribution in [0.15, 0.2) is 71.3 Å². The molecule has 0 unspecified atom stereocenters. The third-order valence-corrected chi connectivity index (χ3v) is 4.38. The number of urea groups is 1. The van der Waals surface area contributed by atoms with Crippen molar-refractivity contribution in [2.45, 2.75) is 19.5 Å². The summed E-state index contributed by atoms with van der Waals surface area (Å²) in [5.41, 5.74) is 2.52. The Morgan fingerprint density at radius 1 is 1.04 bits per heavy atom. The zero-order valence-electron chi connectivity index (χ0n) is 15.2. The fraction of sp³-hybridized carbons (Fsp3) is 0.143. The topological polar surface area (TPSA) is 83.4 Å². The van der Waals surface area contributed by atoms with Crippen LogP contribution in [0.3, 0.4) is 0 Å². The average Bonchev–Trinajstić information content (AvgIpc) is 3.23.